The smallest absolute Gasteiger partial charge is 0.407 e. The second-order valence-corrected chi connectivity index (χ2v) is 4.72. The molecule has 1 fully saturated rings. The van der Waals surface area contributed by atoms with Crippen LogP contribution in [0.4, 0.5) is 9.18 Å². The number of likely N-dealkylation sites (tertiary alicyclic amines) is 1. The van der Waals surface area contributed by atoms with E-state index >= 15 is 0 Å². The van der Waals surface area contributed by atoms with Crippen molar-refractivity contribution in [2.45, 2.75) is 13.0 Å². The van der Waals surface area contributed by atoms with Gasteiger partial charge in [-0.3, -0.25) is 0 Å². The molecule has 1 aliphatic rings. The van der Waals surface area contributed by atoms with Gasteiger partial charge in [0.05, 0.1) is 6.04 Å². The van der Waals surface area contributed by atoms with Crippen LogP contribution in [0.1, 0.15) is 11.6 Å². The normalized spacial score (nSPS) is 16.0. The maximum absolute atomic E-state index is 13.2. The Hall–Kier alpha value is -2.04. The number of hydrogen-bond donors (Lipinski definition) is 1. The highest BCUT2D eigenvalue weighted by molar-refractivity contribution is 5.84. The standard InChI is InChI=1S/C13H13FN2O2/c1-8-5-16(10-6-15(7-10)13(17)18)12-3-2-9(14)4-11(8)12/h2-5,10H,6-7H2,1H3,(H,17,18). The second kappa shape index (κ2) is 3.73. The minimum Gasteiger partial charge on any atom is -0.465 e. The van der Waals surface area contributed by atoms with E-state index in [-0.39, 0.29) is 11.9 Å². The second-order valence-electron chi connectivity index (χ2n) is 4.72. The topological polar surface area (TPSA) is 45.5 Å². The van der Waals surface area contributed by atoms with Crippen LogP contribution in [0, 0.1) is 12.7 Å². The number of carbonyl (C=O) groups is 1. The van der Waals surface area contributed by atoms with Gasteiger partial charge in [-0.15, -0.1) is 0 Å². The fourth-order valence-electron chi connectivity index (χ4n) is 2.49. The number of amides is 1. The van der Waals surface area contributed by atoms with Crippen LogP contribution in [0.15, 0.2) is 24.4 Å². The lowest BCUT2D eigenvalue weighted by atomic mass is 10.1. The Morgan fingerprint density at radius 1 is 1.44 bits per heavy atom. The number of rotatable bonds is 1. The molecule has 2 heterocycles. The van der Waals surface area contributed by atoms with Crippen molar-refractivity contribution >= 4 is 17.0 Å². The Bertz CT molecular complexity index is 629. The van der Waals surface area contributed by atoms with Gasteiger partial charge in [-0.25, -0.2) is 9.18 Å². The lowest BCUT2D eigenvalue weighted by molar-refractivity contribution is 0.0871. The minimum absolute atomic E-state index is 0.155. The van der Waals surface area contributed by atoms with Crippen molar-refractivity contribution in [3.05, 3.63) is 35.8 Å². The quantitative estimate of drug-likeness (QED) is 0.843. The third kappa shape index (κ3) is 1.54. The third-order valence-electron chi connectivity index (χ3n) is 3.52. The zero-order valence-corrected chi connectivity index (χ0v) is 9.93. The average Bonchev–Trinajstić information content (AvgIpc) is 2.53. The van der Waals surface area contributed by atoms with Gasteiger partial charge in [-0.1, -0.05) is 0 Å². The average molecular weight is 248 g/mol. The van der Waals surface area contributed by atoms with Gasteiger partial charge in [0.1, 0.15) is 5.82 Å². The first kappa shape index (κ1) is 11.1. The van der Waals surface area contributed by atoms with Crippen LogP contribution in [-0.2, 0) is 0 Å². The minimum atomic E-state index is -0.884. The third-order valence-corrected chi connectivity index (χ3v) is 3.52. The van der Waals surface area contributed by atoms with E-state index in [9.17, 15) is 9.18 Å². The molecule has 1 aliphatic heterocycles. The van der Waals surface area contributed by atoms with E-state index in [0.717, 1.165) is 16.5 Å². The molecular weight excluding hydrogens is 235 g/mol. The molecule has 5 heteroatoms. The number of halogens is 1. The molecule has 18 heavy (non-hydrogen) atoms. The molecular formula is C13H13FN2O2. The number of hydrogen-bond acceptors (Lipinski definition) is 1. The largest absolute Gasteiger partial charge is 0.465 e. The first-order chi connectivity index (χ1) is 8.56. The van der Waals surface area contributed by atoms with E-state index < -0.39 is 6.09 Å². The number of aromatic nitrogens is 1. The van der Waals surface area contributed by atoms with Gasteiger partial charge >= 0.3 is 6.09 Å². The summed E-state index contributed by atoms with van der Waals surface area (Å²) in [5.41, 5.74) is 1.97. The van der Waals surface area contributed by atoms with Crippen LogP contribution in [0.5, 0.6) is 0 Å². The van der Waals surface area contributed by atoms with E-state index in [1.54, 1.807) is 6.07 Å². The molecule has 0 radical (unpaired) electrons. The van der Waals surface area contributed by atoms with E-state index in [4.69, 9.17) is 5.11 Å². The molecule has 0 unspecified atom stereocenters. The summed E-state index contributed by atoms with van der Waals surface area (Å²) in [4.78, 5) is 12.1. The van der Waals surface area contributed by atoms with Crippen LogP contribution in [0.2, 0.25) is 0 Å². The molecule has 0 atom stereocenters. The van der Waals surface area contributed by atoms with Gasteiger partial charge in [0.25, 0.3) is 0 Å². The Labute approximate surface area is 103 Å². The highest BCUT2D eigenvalue weighted by Crippen LogP contribution is 2.29. The van der Waals surface area contributed by atoms with Crippen molar-refractivity contribution in [2.24, 2.45) is 0 Å². The van der Waals surface area contributed by atoms with Crippen molar-refractivity contribution < 1.29 is 14.3 Å². The van der Waals surface area contributed by atoms with Crippen LogP contribution in [-0.4, -0.2) is 33.8 Å². The molecule has 2 aromatic rings. The van der Waals surface area contributed by atoms with Crippen molar-refractivity contribution in [3.8, 4) is 0 Å². The summed E-state index contributed by atoms with van der Waals surface area (Å²) in [5.74, 6) is -0.246. The number of nitrogens with zero attached hydrogens (tertiary/aromatic N) is 2. The molecule has 1 amide bonds. The first-order valence-corrected chi connectivity index (χ1v) is 5.81. The molecule has 94 valence electrons. The van der Waals surface area contributed by atoms with Crippen molar-refractivity contribution in [1.29, 1.82) is 0 Å². The molecule has 1 saturated heterocycles. The molecule has 0 aliphatic carbocycles. The zero-order chi connectivity index (χ0) is 12.9. The van der Waals surface area contributed by atoms with Crippen LogP contribution in [0.3, 0.4) is 0 Å². The molecule has 4 nitrogen and oxygen atoms in total. The summed E-state index contributed by atoms with van der Waals surface area (Å²) in [6.07, 6.45) is 1.08. The van der Waals surface area contributed by atoms with Crippen LogP contribution < -0.4 is 0 Å². The monoisotopic (exact) mass is 248 g/mol. The van der Waals surface area contributed by atoms with Gasteiger partial charge in [-0.2, -0.15) is 0 Å². The summed E-state index contributed by atoms with van der Waals surface area (Å²) < 4.78 is 15.2. The van der Waals surface area contributed by atoms with Gasteiger partial charge in [0.15, 0.2) is 0 Å². The van der Waals surface area contributed by atoms with Crippen LogP contribution in [0.25, 0.3) is 10.9 Å². The molecule has 1 aromatic carbocycles. The van der Waals surface area contributed by atoms with Gasteiger partial charge < -0.3 is 14.6 Å². The SMILES string of the molecule is Cc1cn(C2CN(C(=O)O)C2)c2ccc(F)cc12. The molecule has 1 aromatic heterocycles. The summed E-state index contributed by atoms with van der Waals surface area (Å²) in [7, 11) is 0. The Morgan fingerprint density at radius 2 is 2.17 bits per heavy atom. The maximum atomic E-state index is 13.2. The predicted molar refractivity (Wildman–Crippen MR) is 65.3 cm³/mol. The van der Waals surface area contributed by atoms with Crippen molar-refractivity contribution in [3.63, 3.8) is 0 Å². The molecule has 0 spiro atoms. The van der Waals surface area contributed by atoms with Crippen molar-refractivity contribution in [1.82, 2.24) is 9.47 Å². The maximum Gasteiger partial charge on any atom is 0.407 e. The van der Waals surface area contributed by atoms with Gasteiger partial charge in [-0.05, 0) is 30.7 Å². The Morgan fingerprint density at radius 3 is 2.83 bits per heavy atom. The van der Waals surface area contributed by atoms with Crippen LogP contribution >= 0.6 is 0 Å². The highest BCUT2D eigenvalue weighted by Gasteiger charge is 2.32. The number of benzene rings is 1. The summed E-state index contributed by atoms with van der Waals surface area (Å²) in [6, 6.07) is 4.87. The van der Waals surface area contributed by atoms with Gasteiger partial charge in [0.2, 0.25) is 0 Å². The lowest BCUT2D eigenvalue weighted by Gasteiger charge is -2.38. The number of carboxylic acid groups (broad SMARTS) is 1. The lowest BCUT2D eigenvalue weighted by Crippen LogP contribution is -2.49. The number of fused-ring (bicyclic) bond motifs is 1. The van der Waals surface area contributed by atoms with E-state index in [2.05, 4.69) is 0 Å². The predicted octanol–water partition coefficient (Wildman–Crippen LogP) is 2.62. The Kier molecular flexibility index (Phi) is 2.29. The van der Waals surface area contributed by atoms with E-state index in [1.807, 2.05) is 17.7 Å². The fourth-order valence-corrected chi connectivity index (χ4v) is 2.49. The zero-order valence-electron chi connectivity index (χ0n) is 9.93. The Balaban J connectivity index is 1.97. The molecule has 0 saturated carbocycles. The highest BCUT2D eigenvalue weighted by atomic mass is 19.1. The molecule has 1 N–H and O–H groups in total. The number of aryl methyl sites for hydroxylation is 1. The van der Waals surface area contributed by atoms with E-state index in [1.165, 1.54) is 17.0 Å². The summed E-state index contributed by atoms with van der Waals surface area (Å²) >= 11 is 0. The van der Waals surface area contributed by atoms with Crippen molar-refractivity contribution in [2.75, 3.05) is 13.1 Å². The summed E-state index contributed by atoms with van der Waals surface area (Å²) in [6.45, 7) is 2.93. The summed E-state index contributed by atoms with van der Waals surface area (Å²) in [5, 5.41) is 9.71. The fraction of sp³-hybridized carbons (Fsp3) is 0.308. The first-order valence-electron chi connectivity index (χ1n) is 5.81. The van der Waals surface area contributed by atoms with E-state index in [0.29, 0.717) is 13.1 Å². The molecule has 0 bridgehead atoms. The molecule has 3 rings (SSSR count). The van der Waals surface area contributed by atoms with Gasteiger partial charge in [0, 0.05) is 30.2 Å².